The van der Waals surface area contributed by atoms with Gasteiger partial charge in [0.1, 0.15) is 5.75 Å². The van der Waals surface area contributed by atoms with E-state index in [4.69, 9.17) is 5.11 Å². The van der Waals surface area contributed by atoms with Crippen LogP contribution in [0, 0.1) is 0 Å². The molecule has 2 N–H and O–H groups in total. The monoisotopic (exact) mass is 273 g/mol. The maximum Gasteiger partial charge on any atom is 0.234 e. The summed E-state index contributed by atoms with van der Waals surface area (Å²) in [5.74, 6) is 1.39. The van der Waals surface area contributed by atoms with Crippen LogP contribution >= 0.6 is 11.8 Å². The number of hydrogen-bond donors (Lipinski definition) is 2. The lowest BCUT2D eigenvalue weighted by atomic mass is 10.2. The Kier molecular flexibility index (Phi) is 4.86. The number of rotatable bonds is 5. The number of amides is 1. The Morgan fingerprint density at radius 3 is 2.42 bits per heavy atom. The SMILES string of the molecule is O=C(CSCc1ccccc1)Nc1ccc(O)cc1. The molecule has 98 valence electrons. The number of carbonyl (C=O) groups is 1. The van der Waals surface area contributed by atoms with E-state index in [0.717, 1.165) is 5.75 Å². The summed E-state index contributed by atoms with van der Waals surface area (Å²) in [6.45, 7) is 0. The van der Waals surface area contributed by atoms with Gasteiger partial charge in [-0.1, -0.05) is 30.3 Å². The number of phenolic OH excluding ortho intramolecular Hbond substituents is 1. The fourth-order valence-electron chi connectivity index (χ4n) is 1.58. The van der Waals surface area contributed by atoms with Gasteiger partial charge in [0.2, 0.25) is 5.91 Å². The molecule has 0 unspecified atom stereocenters. The van der Waals surface area contributed by atoms with Crippen molar-refractivity contribution >= 4 is 23.4 Å². The van der Waals surface area contributed by atoms with Gasteiger partial charge in [-0.15, -0.1) is 11.8 Å². The second-order valence-electron chi connectivity index (χ2n) is 4.07. The number of carbonyl (C=O) groups excluding carboxylic acids is 1. The molecule has 0 aliphatic carbocycles. The molecule has 0 saturated heterocycles. The Hall–Kier alpha value is -1.94. The summed E-state index contributed by atoms with van der Waals surface area (Å²) in [6.07, 6.45) is 0. The van der Waals surface area contributed by atoms with Gasteiger partial charge < -0.3 is 10.4 Å². The lowest BCUT2D eigenvalue weighted by molar-refractivity contribution is -0.113. The summed E-state index contributed by atoms with van der Waals surface area (Å²) in [5.41, 5.74) is 1.91. The van der Waals surface area contributed by atoms with E-state index in [9.17, 15) is 4.79 Å². The summed E-state index contributed by atoms with van der Waals surface area (Å²) in [6, 6.07) is 16.5. The number of thioether (sulfide) groups is 1. The normalized spacial score (nSPS) is 10.1. The van der Waals surface area contributed by atoms with Crippen LogP contribution in [0.4, 0.5) is 5.69 Å². The summed E-state index contributed by atoms with van der Waals surface area (Å²) < 4.78 is 0. The maximum atomic E-state index is 11.7. The minimum atomic E-state index is -0.0355. The third-order valence-corrected chi connectivity index (χ3v) is 3.50. The fraction of sp³-hybridized carbons (Fsp3) is 0.133. The number of nitrogens with one attached hydrogen (secondary N) is 1. The molecule has 2 aromatic rings. The molecule has 0 aliphatic heterocycles. The number of anilines is 1. The van der Waals surface area contributed by atoms with Crippen LogP contribution < -0.4 is 5.32 Å². The quantitative estimate of drug-likeness (QED) is 0.822. The van der Waals surface area contributed by atoms with Crippen molar-refractivity contribution in [3.63, 3.8) is 0 Å². The molecule has 0 atom stereocenters. The van der Waals surface area contributed by atoms with Crippen molar-refractivity contribution in [1.29, 1.82) is 0 Å². The molecule has 0 radical (unpaired) electrons. The minimum Gasteiger partial charge on any atom is -0.508 e. The molecule has 2 rings (SSSR count). The van der Waals surface area contributed by atoms with Gasteiger partial charge in [0.25, 0.3) is 0 Å². The summed E-state index contributed by atoms with van der Waals surface area (Å²) in [5, 5.41) is 11.9. The molecule has 3 nitrogen and oxygen atoms in total. The van der Waals surface area contributed by atoms with Crippen molar-refractivity contribution in [2.24, 2.45) is 0 Å². The highest BCUT2D eigenvalue weighted by Gasteiger charge is 2.02. The standard InChI is InChI=1S/C15H15NO2S/c17-14-8-6-13(7-9-14)16-15(18)11-19-10-12-4-2-1-3-5-12/h1-9,17H,10-11H2,(H,16,18). The minimum absolute atomic E-state index is 0.0355. The third-order valence-electron chi connectivity index (χ3n) is 2.50. The van der Waals surface area contributed by atoms with Gasteiger partial charge in [0.15, 0.2) is 0 Å². The Morgan fingerprint density at radius 1 is 1.05 bits per heavy atom. The topological polar surface area (TPSA) is 49.3 Å². The maximum absolute atomic E-state index is 11.7. The van der Waals surface area contributed by atoms with Crippen LogP contribution in [0.15, 0.2) is 54.6 Å². The molecule has 4 heteroatoms. The zero-order chi connectivity index (χ0) is 13.5. The lowest BCUT2D eigenvalue weighted by Gasteiger charge is -2.05. The van der Waals surface area contributed by atoms with E-state index in [1.165, 1.54) is 5.56 Å². The Bertz CT molecular complexity index is 526. The van der Waals surface area contributed by atoms with Gasteiger partial charge in [-0.2, -0.15) is 0 Å². The third kappa shape index (κ3) is 4.67. The van der Waals surface area contributed by atoms with Crippen LogP contribution in [0.2, 0.25) is 0 Å². The van der Waals surface area contributed by atoms with Crippen LogP contribution in [0.5, 0.6) is 5.75 Å². The molecular formula is C15H15NO2S. The first-order valence-electron chi connectivity index (χ1n) is 5.94. The molecule has 0 bridgehead atoms. The van der Waals surface area contributed by atoms with Crippen molar-refractivity contribution in [1.82, 2.24) is 0 Å². The molecule has 0 saturated carbocycles. The second-order valence-corrected chi connectivity index (χ2v) is 5.06. The van der Waals surface area contributed by atoms with Crippen molar-refractivity contribution in [3.8, 4) is 5.75 Å². The van der Waals surface area contributed by atoms with Crippen LogP contribution in [-0.4, -0.2) is 16.8 Å². The highest BCUT2D eigenvalue weighted by Crippen LogP contribution is 2.15. The Morgan fingerprint density at radius 2 is 1.74 bits per heavy atom. The predicted molar refractivity (Wildman–Crippen MR) is 79.3 cm³/mol. The van der Waals surface area contributed by atoms with Gasteiger partial charge in [0.05, 0.1) is 5.75 Å². The molecule has 2 aromatic carbocycles. The summed E-state index contributed by atoms with van der Waals surface area (Å²) >= 11 is 1.58. The lowest BCUT2D eigenvalue weighted by Crippen LogP contribution is -2.13. The molecule has 1 amide bonds. The van der Waals surface area contributed by atoms with Crippen molar-refractivity contribution in [2.75, 3.05) is 11.1 Å². The van der Waals surface area contributed by atoms with Crippen LogP contribution in [-0.2, 0) is 10.5 Å². The van der Waals surface area contributed by atoms with E-state index >= 15 is 0 Å². The zero-order valence-corrected chi connectivity index (χ0v) is 11.2. The molecule has 0 aliphatic rings. The Balaban J connectivity index is 1.74. The van der Waals surface area contributed by atoms with Gasteiger partial charge in [-0.3, -0.25) is 4.79 Å². The average molecular weight is 273 g/mol. The number of hydrogen-bond acceptors (Lipinski definition) is 3. The van der Waals surface area contributed by atoms with Crippen LogP contribution in [0.1, 0.15) is 5.56 Å². The van der Waals surface area contributed by atoms with E-state index in [-0.39, 0.29) is 11.7 Å². The van der Waals surface area contributed by atoms with E-state index in [1.807, 2.05) is 30.3 Å². The molecular weight excluding hydrogens is 258 g/mol. The zero-order valence-electron chi connectivity index (χ0n) is 10.4. The van der Waals surface area contributed by atoms with Crippen LogP contribution in [0.3, 0.4) is 0 Å². The Labute approximate surface area is 116 Å². The first kappa shape index (κ1) is 13.5. The van der Waals surface area contributed by atoms with Gasteiger partial charge in [-0.25, -0.2) is 0 Å². The van der Waals surface area contributed by atoms with Crippen molar-refractivity contribution in [2.45, 2.75) is 5.75 Å². The summed E-state index contributed by atoms with van der Waals surface area (Å²) in [7, 11) is 0. The van der Waals surface area contributed by atoms with Gasteiger partial charge >= 0.3 is 0 Å². The highest BCUT2D eigenvalue weighted by atomic mass is 32.2. The first-order valence-corrected chi connectivity index (χ1v) is 7.10. The van der Waals surface area contributed by atoms with Gasteiger partial charge in [0, 0.05) is 11.4 Å². The fourth-order valence-corrected chi connectivity index (χ4v) is 2.37. The highest BCUT2D eigenvalue weighted by molar-refractivity contribution is 7.99. The summed E-state index contributed by atoms with van der Waals surface area (Å²) in [4.78, 5) is 11.7. The number of aromatic hydroxyl groups is 1. The molecule has 0 fully saturated rings. The van der Waals surface area contributed by atoms with Crippen LogP contribution in [0.25, 0.3) is 0 Å². The molecule has 0 heterocycles. The average Bonchev–Trinajstić information content (AvgIpc) is 2.43. The van der Waals surface area contributed by atoms with Crippen molar-refractivity contribution < 1.29 is 9.90 Å². The first-order chi connectivity index (χ1) is 9.24. The second kappa shape index (κ2) is 6.85. The molecule has 0 spiro atoms. The number of phenols is 1. The number of benzene rings is 2. The molecule has 19 heavy (non-hydrogen) atoms. The van der Waals surface area contributed by atoms with Gasteiger partial charge in [-0.05, 0) is 29.8 Å². The largest absolute Gasteiger partial charge is 0.508 e. The molecule has 0 aromatic heterocycles. The van der Waals surface area contributed by atoms with E-state index in [2.05, 4.69) is 5.32 Å². The van der Waals surface area contributed by atoms with E-state index in [1.54, 1.807) is 36.0 Å². The van der Waals surface area contributed by atoms with E-state index < -0.39 is 0 Å². The smallest absolute Gasteiger partial charge is 0.234 e. The predicted octanol–water partition coefficient (Wildman–Crippen LogP) is 3.26. The van der Waals surface area contributed by atoms with Crippen molar-refractivity contribution in [3.05, 3.63) is 60.2 Å². The van der Waals surface area contributed by atoms with E-state index in [0.29, 0.717) is 11.4 Å².